The largest absolute Gasteiger partial charge is 0.497 e. The van der Waals surface area contributed by atoms with Crippen LogP contribution >= 0.6 is 0 Å². The Bertz CT molecular complexity index is 1430. The summed E-state index contributed by atoms with van der Waals surface area (Å²) in [6.45, 7) is 2.75. The van der Waals surface area contributed by atoms with Crippen molar-refractivity contribution in [2.45, 2.75) is 26.1 Å². The Kier molecular flexibility index (Phi) is 5.54. The van der Waals surface area contributed by atoms with Crippen LogP contribution in [0, 0.1) is 0 Å². The van der Waals surface area contributed by atoms with E-state index >= 15 is 0 Å². The van der Waals surface area contributed by atoms with Gasteiger partial charge in [-0.1, -0.05) is 42.5 Å². The van der Waals surface area contributed by atoms with Gasteiger partial charge in [0.15, 0.2) is 5.65 Å². The molecule has 0 radical (unpaired) electrons. The molecule has 1 aliphatic rings. The van der Waals surface area contributed by atoms with Crippen molar-refractivity contribution in [3.8, 4) is 5.75 Å². The third-order valence-corrected chi connectivity index (χ3v) is 6.27. The molecular formula is C27H26N6O2. The SMILES string of the molecule is COc1ccc(CN2CCc3nn(Cc4ccccc4)c4nc(NCc5ccco5)nc2c34)cc1. The van der Waals surface area contributed by atoms with E-state index in [9.17, 15) is 0 Å². The highest BCUT2D eigenvalue weighted by Crippen LogP contribution is 2.34. The van der Waals surface area contributed by atoms with Gasteiger partial charge in [0.2, 0.25) is 5.95 Å². The minimum atomic E-state index is 0.510. The van der Waals surface area contributed by atoms with Gasteiger partial charge in [-0.2, -0.15) is 15.1 Å². The molecular weight excluding hydrogens is 440 g/mol. The van der Waals surface area contributed by atoms with Crippen molar-refractivity contribution in [1.82, 2.24) is 19.7 Å². The quantitative estimate of drug-likeness (QED) is 0.356. The van der Waals surface area contributed by atoms with Gasteiger partial charge >= 0.3 is 0 Å². The Hall–Kier alpha value is -4.33. The van der Waals surface area contributed by atoms with E-state index in [1.54, 1.807) is 13.4 Å². The Morgan fingerprint density at radius 1 is 0.943 bits per heavy atom. The minimum Gasteiger partial charge on any atom is -0.497 e. The standard InChI is InChI=1S/C27H26N6O2/c1-34-21-11-9-20(10-12-21)17-32-14-13-23-24-25(32)29-27(28-16-22-8-5-15-35-22)30-26(24)33(31-23)18-19-6-3-2-4-7-19/h2-12,15H,13-14,16-18H2,1H3,(H,28,29,30). The fraction of sp³-hybridized carbons (Fsp3) is 0.222. The molecule has 5 aromatic rings. The van der Waals surface area contributed by atoms with E-state index in [4.69, 9.17) is 24.2 Å². The molecule has 35 heavy (non-hydrogen) atoms. The molecule has 0 spiro atoms. The van der Waals surface area contributed by atoms with Gasteiger partial charge in [0.1, 0.15) is 17.3 Å². The van der Waals surface area contributed by atoms with Crippen molar-refractivity contribution in [3.05, 3.63) is 95.6 Å². The molecule has 1 aliphatic heterocycles. The summed E-state index contributed by atoms with van der Waals surface area (Å²) in [5, 5.41) is 9.32. The topological polar surface area (TPSA) is 81.2 Å². The number of aromatic nitrogens is 4. The number of hydrogen-bond acceptors (Lipinski definition) is 7. The summed E-state index contributed by atoms with van der Waals surface area (Å²) in [6, 6.07) is 22.3. The summed E-state index contributed by atoms with van der Waals surface area (Å²) in [7, 11) is 1.68. The third kappa shape index (κ3) is 4.30. The number of furan rings is 1. The molecule has 0 saturated carbocycles. The average molecular weight is 467 g/mol. The van der Waals surface area contributed by atoms with Gasteiger partial charge in [-0.15, -0.1) is 0 Å². The molecule has 176 valence electrons. The number of rotatable bonds is 8. The van der Waals surface area contributed by atoms with Crippen LogP contribution in [0.25, 0.3) is 11.0 Å². The highest BCUT2D eigenvalue weighted by Gasteiger charge is 2.27. The Balaban J connectivity index is 1.39. The van der Waals surface area contributed by atoms with Gasteiger partial charge in [0.05, 0.1) is 37.5 Å². The normalized spacial score (nSPS) is 12.8. The van der Waals surface area contributed by atoms with Gasteiger partial charge in [-0.05, 0) is 35.4 Å². The van der Waals surface area contributed by atoms with Gasteiger partial charge in [-0.25, -0.2) is 4.68 Å². The second kappa shape index (κ2) is 9.13. The van der Waals surface area contributed by atoms with E-state index in [-0.39, 0.29) is 0 Å². The molecule has 0 amide bonds. The lowest BCUT2D eigenvalue weighted by Gasteiger charge is -2.28. The van der Waals surface area contributed by atoms with Crippen LogP contribution < -0.4 is 15.0 Å². The first-order chi connectivity index (χ1) is 17.3. The number of anilines is 2. The van der Waals surface area contributed by atoms with E-state index in [2.05, 4.69) is 34.5 Å². The summed E-state index contributed by atoms with van der Waals surface area (Å²) in [5.74, 6) is 3.15. The first-order valence-electron chi connectivity index (χ1n) is 11.7. The number of nitrogens with zero attached hydrogens (tertiary/aromatic N) is 5. The van der Waals surface area contributed by atoms with Crippen molar-refractivity contribution in [2.24, 2.45) is 0 Å². The van der Waals surface area contributed by atoms with Crippen LogP contribution in [-0.2, 0) is 26.1 Å². The van der Waals surface area contributed by atoms with Gasteiger partial charge < -0.3 is 19.4 Å². The van der Waals surface area contributed by atoms with Crippen LogP contribution in [0.15, 0.2) is 77.4 Å². The molecule has 3 aromatic heterocycles. The Labute approximate surface area is 203 Å². The smallest absolute Gasteiger partial charge is 0.227 e. The molecule has 6 rings (SSSR count). The number of ether oxygens (including phenoxy) is 1. The van der Waals surface area contributed by atoms with Crippen LogP contribution in [0.5, 0.6) is 5.75 Å². The lowest BCUT2D eigenvalue weighted by atomic mass is 10.1. The Morgan fingerprint density at radius 3 is 2.54 bits per heavy atom. The van der Waals surface area contributed by atoms with Crippen molar-refractivity contribution < 1.29 is 9.15 Å². The molecule has 4 heterocycles. The molecule has 8 heteroatoms. The number of benzene rings is 2. The molecule has 1 N–H and O–H groups in total. The highest BCUT2D eigenvalue weighted by atomic mass is 16.5. The maximum absolute atomic E-state index is 5.48. The minimum absolute atomic E-state index is 0.510. The van der Waals surface area contributed by atoms with Crippen LogP contribution in [0.3, 0.4) is 0 Å². The summed E-state index contributed by atoms with van der Waals surface area (Å²) in [6.07, 6.45) is 2.52. The van der Waals surface area contributed by atoms with Crippen LogP contribution in [0.2, 0.25) is 0 Å². The van der Waals surface area contributed by atoms with Gasteiger partial charge in [-0.3, -0.25) is 0 Å². The van der Waals surface area contributed by atoms with Gasteiger partial charge in [0, 0.05) is 19.5 Å². The number of methoxy groups -OCH3 is 1. The molecule has 0 atom stereocenters. The first-order valence-corrected chi connectivity index (χ1v) is 11.7. The average Bonchev–Trinajstić information content (AvgIpc) is 3.54. The van der Waals surface area contributed by atoms with Crippen LogP contribution in [0.4, 0.5) is 11.8 Å². The lowest BCUT2D eigenvalue weighted by molar-refractivity contribution is 0.414. The number of hydrogen-bond donors (Lipinski definition) is 1. The lowest BCUT2D eigenvalue weighted by Crippen LogP contribution is -2.29. The van der Waals surface area contributed by atoms with E-state index in [1.807, 2.05) is 47.1 Å². The second-order valence-electron chi connectivity index (χ2n) is 8.61. The molecule has 0 saturated heterocycles. The zero-order valence-corrected chi connectivity index (χ0v) is 19.5. The second-order valence-corrected chi connectivity index (χ2v) is 8.61. The summed E-state index contributed by atoms with van der Waals surface area (Å²) >= 11 is 0. The number of nitrogens with one attached hydrogen (secondary N) is 1. The van der Waals surface area contributed by atoms with Gasteiger partial charge in [0.25, 0.3) is 0 Å². The van der Waals surface area contributed by atoms with E-state index < -0.39 is 0 Å². The van der Waals surface area contributed by atoms with Crippen molar-refractivity contribution in [3.63, 3.8) is 0 Å². The zero-order valence-electron chi connectivity index (χ0n) is 19.5. The first kappa shape index (κ1) is 21.2. The Morgan fingerprint density at radius 2 is 1.77 bits per heavy atom. The highest BCUT2D eigenvalue weighted by molar-refractivity contribution is 5.92. The van der Waals surface area contributed by atoms with E-state index in [1.165, 1.54) is 11.1 Å². The van der Waals surface area contributed by atoms with Crippen molar-refractivity contribution >= 4 is 22.8 Å². The van der Waals surface area contributed by atoms with E-state index in [0.29, 0.717) is 19.0 Å². The monoisotopic (exact) mass is 466 g/mol. The predicted octanol–water partition coefficient (Wildman–Crippen LogP) is 4.65. The maximum atomic E-state index is 5.48. The summed E-state index contributed by atoms with van der Waals surface area (Å²) in [5.41, 5.74) is 4.27. The van der Waals surface area contributed by atoms with Crippen LogP contribution in [-0.4, -0.2) is 33.4 Å². The molecule has 8 nitrogen and oxygen atoms in total. The van der Waals surface area contributed by atoms with Crippen LogP contribution in [0.1, 0.15) is 22.6 Å². The fourth-order valence-electron chi connectivity index (χ4n) is 4.51. The predicted molar refractivity (Wildman–Crippen MR) is 135 cm³/mol. The summed E-state index contributed by atoms with van der Waals surface area (Å²) < 4.78 is 12.8. The molecule has 0 fully saturated rings. The van der Waals surface area contributed by atoms with Crippen molar-refractivity contribution in [2.75, 3.05) is 23.9 Å². The molecule has 0 bridgehead atoms. The maximum Gasteiger partial charge on any atom is 0.227 e. The molecule has 0 unspecified atom stereocenters. The zero-order chi connectivity index (χ0) is 23.6. The molecule has 0 aliphatic carbocycles. The van der Waals surface area contributed by atoms with E-state index in [0.717, 1.165) is 53.6 Å². The van der Waals surface area contributed by atoms with Crippen molar-refractivity contribution in [1.29, 1.82) is 0 Å². The molecule has 2 aromatic carbocycles. The summed E-state index contributed by atoms with van der Waals surface area (Å²) in [4.78, 5) is 12.1. The fourth-order valence-corrected chi connectivity index (χ4v) is 4.51. The third-order valence-electron chi connectivity index (χ3n) is 6.27.